The second kappa shape index (κ2) is 6.28. The Labute approximate surface area is 100 Å². The molecule has 0 aliphatic heterocycles. The van der Waals surface area contributed by atoms with Gasteiger partial charge in [-0.2, -0.15) is 5.10 Å². The van der Waals surface area contributed by atoms with Gasteiger partial charge in [-0.05, 0) is 42.7 Å². The Morgan fingerprint density at radius 3 is 2.73 bits per heavy atom. The molecule has 4 heteroatoms. The van der Waals surface area contributed by atoms with Crippen molar-refractivity contribution in [3.63, 3.8) is 0 Å². The first kappa shape index (κ1) is 12.7. The molecule has 0 saturated heterocycles. The van der Waals surface area contributed by atoms with Crippen LogP contribution < -0.4 is 5.32 Å². The molecule has 15 heavy (non-hydrogen) atoms. The van der Waals surface area contributed by atoms with Crippen LogP contribution in [0.25, 0.3) is 0 Å². The predicted octanol–water partition coefficient (Wildman–Crippen LogP) is 2.86. The molecular weight excluding hydrogens is 254 g/mol. The van der Waals surface area contributed by atoms with Crippen LogP contribution in [0.2, 0.25) is 0 Å². The summed E-state index contributed by atoms with van der Waals surface area (Å²) in [5, 5.41) is 7.90. The summed E-state index contributed by atoms with van der Waals surface area (Å²) < 4.78 is 3.20. The van der Waals surface area contributed by atoms with Crippen molar-refractivity contribution in [2.24, 2.45) is 0 Å². The maximum absolute atomic E-state index is 4.46. The van der Waals surface area contributed by atoms with E-state index < -0.39 is 0 Å². The minimum Gasteiger partial charge on any atom is -0.311 e. The molecule has 1 rings (SSSR count). The minimum absolute atomic E-state index is 0.898. The first-order valence-electron chi connectivity index (χ1n) is 5.63. The zero-order valence-electron chi connectivity index (χ0n) is 9.81. The summed E-state index contributed by atoms with van der Waals surface area (Å²) >= 11 is 3.59. The van der Waals surface area contributed by atoms with Crippen LogP contribution in [0, 0.1) is 6.92 Å². The molecule has 0 saturated carbocycles. The quantitative estimate of drug-likeness (QED) is 0.808. The molecule has 0 spiro atoms. The summed E-state index contributed by atoms with van der Waals surface area (Å²) in [7, 11) is 0. The van der Waals surface area contributed by atoms with E-state index in [1.807, 2.05) is 6.92 Å². The van der Waals surface area contributed by atoms with Gasteiger partial charge < -0.3 is 5.32 Å². The van der Waals surface area contributed by atoms with Crippen LogP contribution in [-0.4, -0.2) is 16.3 Å². The molecule has 0 bridgehead atoms. The molecular formula is C11H20BrN3. The summed E-state index contributed by atoms with van der Waals surface area (Å²) in [6.45, 7) is 9.27. The topological polar surface area (TPSA) is 29.9 Å². The Morgan fingerprint density at radius 2 is 2.13 bits per heavy atom. The highest BCUT2D eigenvalue weighted by molar-refractivity contribution is 9.10. The Hall–Kier alpha value is -0.350. The zero-order valence-corrected chi connectivity index (χ0v) is 11.4. The summed E-state index contributed by atoms with van der Waals surface area (Å²) in [5.74, 6) is 0. The van der Waals surface area contributed by atoms with Gasteiger partial charge in [0.15, 0.2) is 0 Å². The summed E-state index contributed by atoms with van der Waals surface area (Å²) in [6.07, 6.45) is 2.47. The average molecular weight is 274 g/mol. The van der Waals surface area contributed by atoms with Gasteiger partial charge in [0.2, 0.25) is 0 Å². The molecule has 1 heterocycles. The first-order valence-corrected chi connectivity index (χ1v) is 6.42. The average Bonchev–Trinajstić information content (AvgIpc) is 2.51. The molecule has 0 atom stereocenters. The highest BCUT2D eigenvalue weighted by atomic mass is 79.9. The van der Waals surface area contributed by atoms with E-state index in [1.54, 1.807) is 0 Å². The molecule has 1 N–H and O–H groups in total. The van der Waals surface area contributed by atoms with Crippen LogP contribution in [0.1, 0.15) is 38.1 Å². The van der Waals surface area contributed by atoms with Gasteiger partial charge in [-0.3, -0.25) is 4.68 Å². The van der Waals surface area contributed by atoms with Crippen molar-refractivity contribution in [1.29, 1.82) is 0 Å². The van der Waals surface area contributed by atoms with Crippen LogP contribution in [0.15, 0.2) is 4.47 Å². The smallest absolute Gasteiger partial charge is 0.0739 e. The van der Waals surface area contributed by atoms with Crippen LogP contribution in [0.3, 0.4) is 0 Å². The number of unbranched alkanes of at least 4 members (excludes halogenated alkanes) is 1. The number of halogens is 1. The number of hydrogen-bond acceptors (Lipinski definition) is 2. The van der Waals surface area contributed by atoms with Crippen LogP contribution in [-0.2, 0) is 13.1 Å². The molecule has 0 fully saturated rings. The number of nitrogens with zero attached hydrogens (tertiary/aromatic N) is 2. The highest BCUT2D eigenvalue weighted by Crippen LogP contribution is 2.20. The number of aromatic nitrogens is 2. The fourth-order valence-electron chi connectivity index (χ4n) is 1.55. The Bertz CT molecular complexity index is 307. The van der Waals surface area contributed by atoms with E-state index in [0.717, 1.165) is 29.8 Å². The molecule has 1 aromatic heterocycles. The van der Waals surface area contributed by atoms with Crippen molar-refractivity contribution >= 4 is 15.9 Å². The normalized spacial score (nSPS) is 10.9. The van der Waals surface area contributed by atoms with Crippen LogP contribution in [0.4, 0.5) is 0 Å². The minimum atomic E-state index is 0.898. The van der Waals surface area contributed by atoms with Gasteiger partial charge in [-0.25, -0.2) is 0 Å². The molecule has 3 nitrogen and oxygen atoms in total. The van der Waals surface area contributed by atoms with Gasteiger partial charge in [0.05, 0.1) is 15.9 Å². The van der Waals surface area contributed by atoms with Gasteiger partial charge in [0.1, 0.15) is 0 Å². The summed E-state index contributed by atoms with van der Waals surface area (Å²) in [6, 6.07) is 0. The number of hydrogen-bond donors (Lipinski definition) is 1. The van der Waals surface area contributed by atoms with E-state index in [1.165, 1.54) is 18.5 Å². The summed E-state index contributed by atoms with van der Waals surface area (Å²) in [5.41, 5.74) is 2.33. The monoisotopic (exact) mass is 273 g/mol. The third-order valence-electron chi connectivity index (χ3n) is 2.45. The van der Waals surface area contributed by atoms with Crippen molar-refractivity contribution in [1.82, 2.24) is 15.1 Å². The lowest BCUT2D eigenvalue weighted by atomic mass is 10.3. The summed E-state index contributed by atoms with van der Waals surface area (Å²) in [4.78, 5) is 0. The van der Waals surface area contributed by atoms with Crippen molar-refractivity contribution in [2.75, 3.05) is 6.54 Å². The largest absolute Gasteiger partial charge is 0.311 e. The lowest BCUT2D eigenvalue weighted by molar-refractivity contribution is 0.568. The van der Waals surface area contributed by atoms with Gasteiger partial charge in [-0.15, -0.1) is 0 Å². The number of rotatable bonds is 6. The molecule has 0 aliphatic carbocycles. The van der Waals surface area contributed by atoms with Crippen molar-refractivity contribution in [3.05, 3.63) is 15.9 Å². The van der Waals surface area contributed by atoms with E-state index in [9.17, 15) is 0 Å². The third-order valence-corrected chi connectivity index (χ3v) is 3.48. The van der Waals surface area contributed by atoms with E-state index in [0.29, 0.717) is 0 Å². The molecule has 0 aliphatic rings. The SMILES string of the molecule is CCCCNCc1c(Br)c(C)nn1CC. The zero-order chi connectivity index (χ0) is 11.3. The first-order chi connectivity index (χ1) is 7.20. The van der Waals surface area contributed by atoms with Crippen LogP contribution in [0.5, 0.6) is 0 Å². The van der Waals surface area contributed by atoms with E-state index in [4.69, 9.17) is 0 Å². The van der Waals surface area contributed by atoms with Gasteiger partial charge >= 0.3 is 0 Å². The molecule has 1 aromatic rings. The molecule has 0 aromatic carbocycles. The van der Waals surface area contributed by atoms with Gasteiger partial charge in [0.25, 0.3) is 0 Å². The van der Waals surface area contributed by atoms with Crippen molar-refractivity contribution < 1.29 is 0 Å². The fourth-order valence-corrected chi connectivity index (χ4v) is 1.97. The van der Waals surface area contributed by atoms with Crippen LogP contribution >= 0.6 is 15.9 Å². The third kappa shape index (κ3) is 3.31. The number of nitrogens with one attached hydrogen (secondary N) is 1. The van der Waals surface area contributed by atoms with E-state index in [2.05, 4.69) is 44.9 Å². The van der Waals surface area contributed by atoms with Gasteiger partial charge in [-0.1, -0.05) is 13.3 Å². The van der Waals surface area contributed by atoms with E-state index >= 15 is 0 Å². The second-order valence-corrected chi connectivity index (χ2v) is 4.49. The molecule has 0 unspecified atom stereocenters. The maximum atomic E-state index is 4.46. The Morgan fingerprint density at radius 1 is 1.40 bits per heavy atom. The highest BCUT2D eigenvalue weighted by Gasteiger charge is 2.10. The Balaban J connectivity index is 2.58. The Kier molecular flexibility index (Phi) is 5.32. The lowest BCUT2D eigenvalue weighted by Crippen LogP contribution is -2.17. The molecule has 0 amide bonds. The van der Waals surface area contributed by atoms with Crippen molar-refractivity contribution in [2.45, 2.75) is 46.7 Å². The second-order valence-electron chi connectivity index (χ2n) is 3.69. The number of aryl methyl sites for hydroxylation is 2. The standard InChI is InChI=1S/C11H20BrN3/c1-4-6-7-13-8-10-11(12)9(3)14-15(10)5-2/h13H,4-8H2,1-3H3. The van der Waals surface area contributed by atoms with Gasteiger partial charge in [0, 0.05) is 13.1 Å². The predicted molar refractivity (Wildman–Crippen MR) is 67.0 cm³/mol. The maximum Gasteiger partial charge on any atom is 0.0739 e. The van der Waals surface area contributed by atoms with Crippen molar-refractivity contribution in [3.8, 4) is 0 Å². The van der Waals surface area contributed by atoms with E-state index in [-0.39, 0.29) is 0 Å². The lowest BCUT2D eigenvalue weighted by Gasteiger charge is -2.06. The molecule has 86 valence electrons. The fraction of sp³-hybridized carbons (Fsp3) is 0.727. The molecule has 0 radical (unpaired) electrons.